The van der Waals surface area contributed by atoms with Crippen molar-refractivity contribution in [2.45, 2.75) is 39.7 Å². The fraction of sp³-hybridized carbons (Fsp3) is 0.727. The van der Waals surface area contributed by atoms with E-state index in [1.165, 1.54) is 0 Å². The van der Waals surface area contributed by atoms with E-state index in [2.05, 4.69) is 20.8 Å². The molecular formula is C11H20O2. The minimum atomic E-state index is -0.0638. The molecule has 1 atom stereocenters. The zero-order valence-corrected chi connectivity index (χ0v) is 9.04. The third-order valence-corrected chi connectivity index (χ3v) is 2.27. The van der Waals surface area contributed by atoms with Crippen LogP contribution in [0.25, 0.3) is 0 Å². The van der Waals surface area contributed by atoms with Crippen molar-refractivity contribution in [3.8, 4) is 0 Å². The van der Waals surface area contributed by atoms with E-state index in [0.717, 1.165) is 19.1 Å². The van der Waals surface area contributed by atoms with E-state index in [4.69, 9.17) is 4.74 Å². The first kappa shape index (κ1) is 12.4. The van der Waals surface area contributed by atoms with Gasteiger partial charge in [0.15, 0.2) is 0 Å². The van der Waals surface area contributed by atoms with E-state index in [1.54, 1.807) is 13.2 Å². The Bertz CT molecular complexity index is 171. The molecule has 13 heavy (non-hydrogen) atoms. The number of aldehydes is 1. The van der Waals surface area contributed by atoms with E-state index in [9.17, 15) is 4.79 Å². The average Bonchev–Trinajstić information content (AvgIpc) is 2.10. The number of carbonyl (C=O) groups is 1. The van der Waals surface area contributed by atoms with Crippen LogP contribution in [0.15, 0.2) is 12.2 Å². The lowest BCUT2D eigenvalue weighted by molar-refractivity contribution is -0.104. The Hall–Kier alpha value is -0.630. The van der Waals surface area contributed by atoms with E-state index in [0.29, 0.717) is 0 Å². The van der Waals surface area contributed by atoms with Gasteiger partial charge in [0.05, 0.1) is 6.10 Å². The van der Waals surface area contributed by atoms with Crippen molar-refractivity contribution < 1.29 is 9.53 Å². The van der Waals surface area contributed by atoms with Crippen molar-refractivity contribution in [2.75, 3.05) is 7.11 Å². The number of carbonyl (C=O) groups excluding carboxylic acids is 1. The largest absolute Gasteiger partial charge is 0.381 e. The normalized spacial score (nSPS) is 14.8. The summed E-state index contributed by atoms with van der Waals surface area (Å²) in [5.41, 5.74) is -0.0638. The first-order valence-corrected chi connectivity index (χ1v) is 4.74. The number of hydrogen-bond donors (Lipinski definition) is 0. The first-order valence-electron chi connectivity index (χ1n) is 4.74. The lowest BCUT2D eigenvalue weighted by atomic mass is 9.84. The Morgan fingerprint density at radius 1 is 1.46 bits per heavy atom. The lowest BCUT2D eigenvalue weighted by Crippen LogP contribution is -2.29. The highest BCUT2D eigenvalue weighted by Crippen LogP contribution is 2.27. The SMILES string of the molecule is CCCC(OC)C(C)(C)/C=C/C=O. The van der Waals surface area contributed by atoms with Crippen LogP contribution in [0.3, 0.4) is 0 Å². The van der Waals surface area contributed by atoms with Crippen LogP contribution in [0.4, 0.5) is 0 Å². The Morgan fingerprint density at radius 2 is 2.08 bits per heavy atom. The topological polar surface area (TPSA) is 26.3 Å². The van der Waals surface area contributed by atoms with Gasteiger partial charge in [0.2, 0.25) is 0 Å². The summed E-state index contributed by atoms with van der Waals surface area (Å²) >= 11 is 0. The molecule has 0 rings (SSSR count). The zero-order chi connectivity index (χ0) is 10.3. The monoisotopic (exact) mass is 184 g/mol. The molecule has 0 bridgehead atoms. The molecule has 2 nitrogen and oxygen atoms in total. The van der Waals surface area contributed by atoms with Crippen LogP contribution < -0.4 is 0 Å². The predicted molar refractivity (Wildman–Crippen MR) is 54.7 cm³/mol. The highest BCUT2D eigenvalue weighted by molar-refractivity contribution is 5.64. The zero-order valence-electron chi connectivity index (χ0n) is 9.04. The molecule has 0 aliphatic rings. The standard InChI is InChI=1S/C11H20O2/c1-5-7-10(13-4)11(2,3)8-6-9-12/h6,8-10H,5,7H2,1-4H3/b8-6+. The molecule has 0 aromatic rings. The van der Waals surface area contributed by atoms with Crippen LogP contribution in [0.1, 0.15) is 33.6 Å². The summed E-state index contributed by atoms with van der Waals surface area (Å²) in [4.78, 5) is 10.2. The molecule has 2 heteroatoms. The second-order valence-corrected chi connectivity index (χ2v) is 3.83. The third kappa shape index (κ3) is 4.23. The maximum Gasteiger partial charge on any atom is 0.142 e. The molecule has 0 N–H and O–H groups in total. The van der Waals surface area contributed by atoms with Crippen molar-refractivity contribution >= 4 is 6.29 Å². The number of allylic oxidation sites excluding steroid dienone is 1. The average molecular weight is 184 g/mol. The summed E-state index contributed by atoms with van der Waals surface area (Å²) in [6, 6.07) is 0. The minimum Gasteiger partial charge on any atom is -0.381 e. The molecule has 0 aromatic carbocycles. The van der Waals surface area contributed by atoms with Gasteiger partial charge in [0, 0.05) is 12.5 Å². The number of ether oxygens (including phenoxy) is 1. The van der Waals surface area contributed by atoms with Gasteiger partial charge < -0.3 is 4.74 Å². The molecule has 0 fully saturated rings. The summed E-state index contributed by atoms with van der Waals surface area (Å²) in [6.07, 6.45) is 6.56. The molecule has 0 aliphatic heterocycles. The molecule has 0 heterocycles. The molecule has 0 aliphatic carbocycles. The number of hydrogen-bond acceptors (Lipinski definition) is 2. The van der Waals surface area contributed by atoms with Gasteiger partial charge in [-0.15, -0.1) is 0 Å². The fourth-order valence-electron chi connectivity index (χ4n) is 1.45. The lowest BCUT2D eigenvalue weighted by Gasteiger charge is -2.30. The molecular weight excluding hydrogens is 164 g/mol. The van der Waals surface area contributed by atoms with Crippen molar-refractivity contribution in [3.05, 3.63) is 12.2 Å². The summed E-state index contributed by atoms with van der Waals surface area (Å²) < 4.78 is 5.39. The predicted octanol–water partition coefficient (Wildman–Crippen LogP) is 2.58. The van der Waals surface area contributed by atoms with Crippen LogP contribution >= 0.6 is 0 Å². The molecule has 0 aromatic heterocycles. The molecule has 0 amide bonds. The molecule has 0 spiro atoms. The fourth-order valence-corrected chi connectivity index (χ4v) is 1.45. The van der Waals surface area contributed by atoms with Crippen LogP contribution in [-0.4, -0.2) is 19.5 Å². The van der Waals surface area contributed by atoms with Gasteiger partial charge in [0.1, 0.15) is 6.29 Å². The minimum absolute atomic E-state index is 0.0638. The quantitative estimate of drug-likeness (QED) is 0.468. The Labute approximate surface area is 81.0 Å². The summed E-state index contributed by atoms with van der Waals surface area (Å²) in [5.74, 6) is 0. The molecule has 0 saturated carbocycles. The number of methoxy groups -OCH3 is 1. The molecule has 1 unspecified atom stereocenters. The maximum atomic E-state index is 10.2. The highest BCUT2D eigenvalue weighted by atomic mass is 16.5. The van der Waals surface area contributed by atoms with Crippen molar-refractivity contribution in [1.82, 2.24) is 0 Å². The molecule has 0 radical (unpaired) electrons. The van der Waals surface area contributed by atoms with Crippen LogP contribution in [0.5, 0.6) is 0 Å². The van der Waals surface area contributed by atoms with Crippen molar-refractivity contribution in [3.63, 3.8) is 0 Å². The van der Waals surface area contributed by atoms with Gasteiger partial charge in [-0.2, -0.15) is 0 Å². The van der Waals surface area contributed by atoms with Gasteiger partial charge in [-0.05, 0) is 12.5 Å². The van der Waals surface area contributed by atoms with Gasteiger partial charge in [-0.3, -0.25) is 4.79 Å². The first-order chi connectivity index (χ1) is 6.08. The van der Waals surface area contributed by atoms with E-state index in [1.807, 2.05) is 6.08 Å². The third-order valence-electron chi connectivity index (χ3n) is 2.27. The number of rotatable bonds is 6. The van der Waals surface area contributed by atoms with Gasteiger partial charge in [0.25, 0.3) is 0 Å². The molecule has 76 valence electrons. The second kappa shape index (κ2) is 5.92. The summed E-state index contributed by atoms with van der Waals surface area (Å²) in [6.45, 7) is 6.29. The van der Waals surface area contributed by atoms with Crippen molar-refractivity contribution in [1.29, 1.82) is 0 Å². The second-order valence-electron chi connectivity index (χ2n) is 3.83. The molecule has 0 saturated heterocycles. The van der Waals surface area contributed by atoms with Gasteiger partial charge >= 0.3 is 0 Å². The smallest absolute Gasteiger partial charge is 0.142 e. The van der Waals surface area contributed by atoms with Crippen LogP contribution in [-0.2, 0) is 9.53 Å². The summed E-state index contributed by atoms with van der Waals surface area (Å²) in [5, 5.41) is 0. The van der Waals surface area contributed by atoms with E-state index in [-0.39, 0.29) is 11.5 Å². The maximum absolute atomic E-state index is 10.2. The highest BCUT2D eigenvalue weighted by Gasteiger charge is 2.25. The Kier molecular flexibility index (Phi) is 5.63. The Balaban J connectivity index is 4.35. The van der Waals surface area contributed by atoms with Crippen LogP contribution in [0.2, 0.25) is 0 Å². The van der Waals surface area contributed by atoms with E-state index < -0.39 is 0 Å². The Morgan fingerprint density at radius 3 is 2.46 bits per heavy atom. The summed E-state index contributed by atoms with van der Waals surface area (Å²) in [7, 11) is 1.72. The van der Waals surface area contributed by atoms with Crippen molar-refractivity contribution in [2.24, 2.45) is 5.41 Å². The van der Waals surface area contributed by atoms with E-state index >= 15 is 0 Å². The van der Waals surface area contributed by atoms with Gasteiger partial charge in [-0.1, -0.05) is 33.3 Å². The van der Waals surface area contributed by atoms with Crippen LogP contribution in [0, 0.1) is 5.41 Å². The van der Waals surface area contributed by atoms with Gasteiger partial charge in [-0.25, -0.2) is 0 Å².